The highest BCUT2D eigenvalue weighted by molar-refractivity contribution is 5.79. The molecule has 1 atom stereocenters. The predicted octanol–water partition coefficient (Wildman–Crippen LogP) is 1.12. The Morgan fingerprint density at radius 2 is 2.21 bits per heavy atom. The second-order valence-electron chi connectivity index (χ2n) is 5.01. The maximum Gasteiger partial charge on any atom is 0.234 e. The fourth-order valence-electron chi connectivity index (χ4n) is 2.62. The van der Waals surface area contributed by atoms with Gasteiger partial charge in [0.05, 0.1) is 6.04 Å². The van der Waals surface area contributed by atoms with Crippen molar-refractivity contribution < 1.29 is 9.18 Å². The zero-order chi connectivity index (χ0) is 13.8. The second kappa shape index (κ2) is 6.12. The SMILES string of the molecule is NCc1cc(CN2CCCCC2C(N)=O)ccc1F. The van der Waals surface area contributed by atoms with Crippen LogP contribution in [-0.4, -0.2) is 23.4 Å². The van der Waals surface area contributed by atoms with E-state index in [1.807, 2.05) is 0 Å². The van der Waals surface area contributed by atoms with Gasteiger partial charge in [0, 0.05) is 18.7 Å². The molecule has 1 fully saturated rings. The summed E-state index contributed by atoms with van der Waals surface area (Å²) in [7, 11) is 0. The summed E-state index contributed by atoms with van der Waals surface area (Å²) in [5, 5.41) is 0. The average Bonchev–Trinajstić information content (AvgIpc) is 2.41. The van der Waals surface area contributed by atoms with Crippen LogP contribution in [0, 0.1) is 5.82 Å². The van der Waals surface area contributed by atoms with Gasteiger partial charge in [-0.2, -0.15) is 0 Å². The first kappa shape index (κ1) is 14.0. The van der Waals surface area contributed by atoms with E-state index < -0.39 is 0 Å². The minimum absolute atomic E-state index is 0.179. The van der Waals surface area contributed by atoms with Gasteiger partial charge in [-0.25, -0.2) is 4.39 Å². The lowest BCUT2D eigenvalue weighted by Crippen LogP contribution is -2.47. The van der Waals surface area contributed by atoms with E-state index in [1.54, 1.807) is 12.1 Å². The van der Waals surface area contributed by atoms with Crippen LogP contribution < -0.4 is 11.5 Å². The van der Waals surface area contributed by atoms with E-state index in [-0.39, 0.29) is 24.3 Å². The standard InChI is InChI=1S/C14H20FN3O/c15-12-5-4-10(7-11(12)8-16)9-18-6-2-1-3-13(18)14(17)19/h4-5,7,13H,1-3,6,8-9,16H2,(H2,17,19). The molecular weight excluding hydrogens is 245 g/mol. The van der Waals surface area contributed by atoms with Gasteiger partial charge in [0.25, 0.3) is 0 Å². The molecule has 4 N–H and O–H groups in total. The van der Waals surface area contributed by atoms with Crippen molar-refractivity contribution in [3.63, 3.8) is 0 Å². The lowest BCUT2D eigenvalue weighted by atomic mass is 10.00. The summed E-state index contributed by atoms with van der Waals surface area (Å²) in [4.78, 5) is 13.5. The Labute approximate surface area is 112 Å². The first-order valence-electron chi connectivity index (χ1n) is 6.62. The third kappa shape index (κ3) is 3.30. The first-order chi connectivity index (χ1) is 9.11. The minimum Gasteiger partial charge on any atom is -0.368 e. The number of carbonyl (C=O) groups is 1. The molecule has 0 radical (unpaired) electrons. The van der Waals surface area contributed by atoms with Crippen LogP contribution in [-0.2, 0) is 17.9 Å². The summed E-state index contributed by atoms with van der Waals surface area (Å²) in [5.74, 6) is -0.558. The van der Waals surface area contributed by atoms with E-state index >= 15 is 0 Å². The normalized spacial score (nSPS) is 20.4. The maximum absolute atomic E-state index is 13.4. The number of rotatable bonds is 4. The van der Waals surface area contributed by atoms with Crippen molar-refractivity contribution in [2.45, 2.75) is 38.4 Å². The van der Waals surface area contributed by atoms with Crippen molar-refractivity contribution in [3.8, 4) is 0 Å². The maximum atomic E-state index is 13.4. The molecule has 2 rings (SSSR count). The van der Waals surface area contributed by atoms with Crippen LogP contribution in [0.1, 0.15) is 30.4 Å². The quantitative estimate of drug-likeness (QED) is 0.857. The van der Waals surface area contributed by atoms with Gasteiger partial charge in [-0.15, -0.1) is 0 Å². The number of hydrogen-bond donors (Lipinski definition) is 2. The van der Waals surface area contributed by atoms with Crippen molar-refractivity contribution in [2.24, 2.45) is 11.5 Å². The molecule has 1 aromatic carbocycles. The van der Waals surface area contributed by atoms with Gasteiger partial charge >= 0.3 is 0 Å². The zero-order valence-corrected chi connectivity index (χ0v) is 10.9. The van der Waals surface area contributed by atoms with E-state index in [0.29, 0.717) is 12.1 Å². The lowest BCUT2D eigenvalue weighted by molar-refractivity contribution is -0.124. The Hall–Kier alpha value is -1.46. The number of primary amides is 1. The van der Waals surface area contributed by atoms with Crippen LogP contribution in [0.5, 0.6) is 0 Å². The largest absolute Gasteiger partial charge is 0.368 e. The van der Waals surface area contributed by atoms with Crippen LogP contribution in [0.15, 0.2) is 18.2 Å². The van der Waals surface area contributed by atoms with E-state index in [2.05, 4.69) is 4.90 Å². The van der Waals surface area contributed by atoms with Crippen molar-refractivity contribution >= 4 is 5.91 Å². The van der Waals surface area contributed by atoms with Gasteiger partial charge in [0.2, 0.25) is 5.91 Å². The molecule has 0 aromatic heterocycles. The summed E-state index contributed by atoms with van der Waals surface area (Å²) in [6, 6.07) is 4.73. The van der Waals surface area contributed by atoms with Gasteiger partial charge in [-0.1, -0.05) is 18.6 Å². The highest BCUT2D eigenvalue weighted by Crippen LogP contribution is 2.20. The summed E-state index contributed by atoms with van der Waals surface area (Å²) >= 11 is 0. The number of halogens is 1. The number of nitrogens with zero attached hydrogens (tertiary/aromatic N) is 1. The van der Waals surface area contributed by atoms with Crippen molar-refractivity contribution in [3.05, 3.63) is 35.1 Å². The van der Waals surface area contributed by atoms with Gasteiger partial charge in [-0.3, -0.25) is 9.69 Å². The van der Waals surface area contributed by atoms with E-state index in [4.69, 9.17) is 11.5 Å². The molecule has 1 aliphatic rings. The summed E-state index contributed by atoms with van der Waals surface area (Å²) in [5.41, 5.74) is 12.4. The van der Waals surface area contributed by atoms with E-state index in [0.717, 1.165) is 31.4 Å². The second-order valence-corrected chi connectivity index (χ2v) is 5.01. The molecule has 104 valence electrons. The number of nitrogens with two attached hydrogens (primary N) is 2. The number of amides is 1. The van der Waals surface area contributed by atoms with E-state index in [9.17, 15) is 9.18 Å². The van der Waals surface area contributed by atoms with Crippen LogP contribution in [0.4, 0.5) is 4.39 Å². The highest BCUT2D eigenvalue weighted by Gasteiger charge is 2.26. The molecule has 19 heavy (non-hydrogen) atoms. The number of piperidine rings is 1. The molecule has 4 nitrogen and oxygen atoms in total. The van der Waals surface area contributed by atoms with Gasteiger partial charge in [0.15, 0.2) is 0 Å². The molecule has 5 heteroatoms. The fourth-order valence-corrected chi connectivity index (χ4v) is 2.62. The lowest BCUT2D eigenvalue weighted by Gasteiger charge is -2.33. The van der Waals surface area contributed by atoms with Gasteiger partial charge in [-0.05, 0) is 31.0 Å². The smallest absolute Gasteiger partial charge is 0.234 e. The topological polar surface area (TPSA) is 72.3 Å². The Morgan fingerprint density at radius 3 is 2.89 bits per heavy atom. The predicted molar refractivity (Wildman–Crippen MR) is 71.5 cm³/mol. The van der Waals surface area contributed by atoms with Crippen LogP contribution in [0.3, 0.4) is 0 Å². The molecule has 1 unspecified atom stereocenters. The summed E-state index contributed by atoms with van der Waals surface area (Å²) < 4.78 is 13.4. The average molecular weight is 265 g/mol. The fraction of sp³-hybridized carbons (Fsp3) is 0.500. The van der Waals surface area contributed by atoms with Crippen molar-refractivity contribution in [1.82, 2.24) is 4.90 Å². The van der Waals surface area contributed by atoms with Gasteiger partial charge in [0.1, 0.15) is 5.82 Å². The number of likely N-dealkylation sites (tertiary alicyclic amines) is 1. The first-order valence-corrected chi connectivity index (χ1v) is 6.62. The van der Waals surface area contributed by atoms with Crippen LogP contribution >= 0.6 is 0 Å². The molecule has 0 bridgehead atoms. The van der Waals surface area contributed by atoms with Crippen molar-refractivity contribution in [1.29, 1.82) is 0 Å². The molecular formula is C14H20FN3O. The molecule has 0 saturated carbocycles. The minimum atomic E-state index is -0.281. The Bertz CT molecular complexity index is 464. The van der Waals surface area contributed by atoms with Crippen LogP contribution in [0.25, 0.3) is 0 Å². The van der Waals surface area contributed by atoms with Crippen LogP contribution in [0.2, 0.25) is 0 Å². The summed E-state index contributed by atoms with van der Waals surface area (Å²) in [6.07, 6.45) is 2.90. The third-order valence-corrected chi connectivity index (χ3v) is 3.66. The molecule has 1 aliphatic heterocycles. The summed E-state index contributed by atoms with van der Waals surface area (Å²) in [6.45, 7) is 1.64. The third-order valence-electron chi connectivity index (χ3n) is 3.66. The van der Waals surface area contributed by atoms with Gasteiger partial charge < -0.3 is 11.5 Å². The molecule has 1 saturated heterocycles. The Morgan fingerprint density at radius 1 is 1.42 bits per heavy atom. The molecule has 1 aromatic rings. The monoisotopic (exact) mass is 265 g/mol. The number of carbonyl (C=O) groups excluding carboxylic acids is 1. The molecule has 1 heterocycles. The number of benzene rings is 1. The van der Waals surface area contributed by atoms with E-state index in [1.165, 1.54) is 6.07 Å². The Kier molecular flexibility index (Phi) is 4.50. The molecule has 0 aliphatic carbocycles. The number of hydrogen-bond acceptors (Lipinski definition) is 3. The molecule has 0 spiro atoms. The highest BCUT2D eigenvalue weighted by atomic mass is 19.1. The molecule has 1 amide bonds. The Balaban J connectivity index is 2.12. The zero-order valence-electron chi connectivity index (χ0n) is 10.9. The van der Waals surface area contributed by atoms with Crippen molar-refractivity contribution in [2.75, 3.05) is 6.54 Å².